The summed E-state index contributed by atoms with van der Waals surface area (Å²) in [6.07, 6.45) is -0.195. The van der Waals surface area contributed by atoms with E-state index in [9.17, 15) is 9.59 Å². The molecule has 2 rings (SSSR count). The molecule has 1 amide bonds. The zero-order valence-corrected chi connectivity index (χ0v) is 14.2. The Labute approximate surface area is 141 Å². The van der Waals surface area contributed by atoms with Crippen molar-refractivity contribution >= 4 is 17.7 Å². The van der Waals surface area contributed by atoms with Gasteiger partial charge in [-0.05, 0) is 31.2 Å². The molecule has 1 aromatic carbocycles. The van der Waals surface area contributed by atoms with Gasteiger partial charge in [0, 0.05) is 26.1 Å². The predicted octanol–water partition coefficient (Wildman–Crippen LogP) is 2.38. The quantitative estimate of drug-likeness (QED) is 0.678. The second kappa shape index (κ2) is 8.54. The molecule has 0 aliphatic carbocycles. The Kier molecular flexibility index (Phi) is 6.43. The van der Waals surface area contributed by atoms with E-state index in [4.69, 9.17) is 18.9 Å². The highest BCUT2D eigenvalue weighted by molar-refractivity contribution is 5.89. The number of ether oxygens (including phenoxy) is 4. The third-order valence-corrected chi connectivity index (χ3v) is 3.54. The molecule has 1 fully saturated rings. The van der Waals surface area contributed by atoms with Crippen LogP contribution in [0.15, 0.2) is 24.3 Å². The van der Waals surface area contributed by atoms with E-state index in [1.165, 1.54) is 6.92 Å². The number of rotatable bonds is 8. The number of methoxy groups -OCH3 is 1. The molecule has 24 heavy (non-hydrogen) atoms. The summed E-state index contributed by atoms with van der Waals surface area (Å²) in [5.74, 6) is 0.394. The second-order valence-corrected chi connectivity index (χ2v) is 5.62. The highest BCUT2D eigenvalue weighted by Crippen LogP contribution is 2.24. The van der Waals surface area contributed by atoms with Crippen LogP contribution in [0.5, 0.6) is 5.75 Å². The molecule has 0 bridgehead atoms. The molecule has 1 heterocycles. The number of carbonyl (C=O) groups excluding carboxylic acids is 2. The van der Waals surface area contributed by atoms with E-state index in [1.807, 2.05) is 6.92 Å². The molecule has 1 aliphatic rings. The van der Waals surface area contributed by atoms with E-state index in [0.29, 0.717) is 31.9 Å². The minimum absolute atomic E-state index is 0.182. The van der Waals surface area contributed by atoms with Crippen molar-refractivity contribution in [2.45, 2.75) is 32.5 Å². The number of nitrogens with zero attached hydrogens (tertiary/aromatic N) is 1. The van der Waals surface area contributed by atoms with E-state index in [-0.39, 0.29) is 24.3 Å². The first kappa shape index (κ1) is 18.1. The van der Waals surface area contributed by atoms with Gasteiger partial charge in [-0.15, -0.1) is 0 Å². The monoisotopic (exact) mass is 337 g/mol. The van der Waals surface area contributed by atoms with Gasteiger partial charge in [-0.25, -0.2) is 4.79 Å². The average molecular weight is 337 g/mol. The van der Waals surface area contributed by atoms with Crippen LogP contribution >= 0.6 is 0 Å². The van der Waals surface area contributed by atoms with Crippen molar-refractivity contribution in [3.05, 3.63) is 24.3 Å². The van der Waals surface area contributed by atoms with Crippen LogP contribution in [0.25, 0.3) is 0 Å². The summed E-state index contributed by atoms with van der Waals surface area (Å²) in [5.41, 5.74) is 0.749. The Morgan fingerprint density at radius 3 is 2.71 bits per heavy atom. The van der Waals surface area contributed by atoms with Crippen LogP contribution < -0.4 is 9.64 Å². The van der Waals surface area contributed by atoms with Crippen LogP contribution in [-0.2, 0) is 19.0 Å². The van der Waals surface area contributed by atoms with E-state index >= 15 is 0 Å². The SMILES string of the molecule is COC[C@@H]1CN(c2ccc(OCC[C@@H](C)OC(C)=O)cc2)C(=O)O1. The number of amides is 1. The summed E-state index contributed by atoms with van der Waals surface area (Å²) in [6, 6.07) is 7.20. The van der Waals surface area contributed by atoms with Gasteiger partial charge in [0.05, 0.1) is 19.8 Å². The fraction of sp³-hybridized carbons (Fsp3) is 0.529. The fourth-order valence-electron chi connectivity index (χ4n) is 2.41. The van der Waals surface area contributed by atoms with Crippen LogP contribution in [0.3, 0.4) is 0 Å². The van der Waals surface area contributed by atoms with Gasteiger partial charge in [0.25, 0.3) is 0 Å². The number of carbonyl (C=O) groups is 2. The fourth-order valence-corrected chi connectivity index (χ4v) is 2.41. The molecule has 7 heteroatoms. The Morgan fingerprint density at radius 1 is 1.38 bits per heavy atom. The van der Waals surface area contributed by atoms with Crippen molar-refractivity contribution in [1.29, 1.82) is 0 Å². The summed E-state index contributed by atoms with van der Waals surface area (Å²) in [5, 5.41) is 0. The van der Waals surface area contributed by atoms with Crippen LogP contribution in [0.2, 0.25) is 0 Å². The largest absolute Gasteiger partial charge is 0.493 e. The molecule has 0 radical (unpaired) electrons. The first-order valence-electron chi connectivity index (χ1n) is 7.86. The van der Waals surface area contributed by atoms with Gasteiger partial charge in [-0.2, -0.15) is 0 Å². The van der Waals surface area contributed by atoms with Gasteiger partial charge < -0.3 is 18.9 Å². The maximum Gasteiger partial charge on any atom is 0.414 e. The zero-order valence-electron chi connectivity index (χ0n) is 14.2. The normalized spacial score (nSPS) is 18.2. The molecule has 2 atom stereocenters. The van der Waals surface area contributed by atoms with Crippen LogP contribution in [0.4, 0.5) is 10.5 Å². The van der Waals surface area contributed by atoms with E-state index in [0.717, 1.165) is 5.69 Å². The first-order valence-corrected chi connectivity index (χ1v) is 7.86. The van der Waals surface area contributed by atoms with Gasteiger partial charge in [-0.3, -0.25) is 9.69 Å². The molecular weight excluding hydrogens is 314 g/mol. The molecular formula is C17H23NO6. The minimum atomic E-state index is -0.374. The Balaban J connectivity index is 1.82. The molecule has 132 valence electrons. The smallest absolute Gasteiger partial charge is 0.414 e. The van der Waals surface area contributed by atoms with Gasteiger partial charge in [0.1, 0.15) is 18.0 Å². The highest BCUT2D eigenvalue weighted by atomic mass is 16.6. The maximum absolute atomic E-state index is 11.9. The molecule has 1 saturated heterocycles. The van der Waals surface area contributed by atoms with Crippen molar-refractivity contribution in [2.75, 3.05) is 31.8 Å². The standard InChI is InChI=1S/C17H23NO6/c1-12(23-13(2)19)8-9-22-15-6-4-14(5-7-15)18-10-16(11-21-3)24-17(18)20/h4-7,12,16H,8-11H2,1-3H3/t12-,16+/m1/s1. The van der Waals surface area contributed by atoms with Gasteiger partial charge in [-0.1, -0.05) is 0 Å². The lowest BCUT2D eigenvalue weighted by molar-refractivity contribution is -0.145. The predicted molar refractivity (Wildman–Crippen MR) is 87.3 cm³/mol. The Bertz CT molecular complexity index is 559. The minimum Gasteiger partial charge on any atom is -0.493 e. The maximum atomic E-state index is 11.9. The topological polar surface area (TPSA) is 74.3 Å². The van der Waals surface area contributed by atoms with Gasteiger partial charge in [0.15, 0.2) is 0 Å². The second-order valence-electron chi connectivity index (χ2n) is 5.62. The summed E-state index contributed by atoms with van der Waals surface area (Å²) >= 11 is 0. The number of cyclic esters (lactones) is 1. The number of anilines is 1. The number of benzene rings is 1. The Hall–Kier alpha value is -2.28. The van der Waals surface area contributed by atoms with Crippen molar-refractivity contribution in [3.8, 4) is 5.75 Å². The first-order chi connectivity index (χ1) is 11.5. The van der Waals surface area contributed by atoms with E-state index in [2.05, 4.69) is 0 Å². The number of hydrogen-bond donors (Lipinski definition) is 0. The van der Waals surface area contributed by atoms with Crippen molar-refractivity contribution < 1.29 is 28.5 Å². The van der Waals surface area contributed by atoms with Crippen LogP contribution in [0.1, 0.15) is 20.3 Å². The van der Waals surface area contributed by atoms with E-state index < -0.39 is 0 Å². The summed E-state index contributed by atoms with van der Waals surface area (Å²) in [6.45, 7) is 4.49. The van der Waals surface area contributed by atoms with Crippen LogP contribution in [0, 0.1) is 0 Å². The van der Waals surface area contributed by atoms with Crippen molar-refractivity contribution in [3.63, 3.8) is 0 Å². The summed E-state index contributed by atoms with van der Waals surface area (Å²) < 4.78 is 20.9. The lowest BCUT2D eigenvalue weighted by atomic mass is 10.2. The molecule has 0 unspecified atom stereocenters. The van der Waals surface area contributed by atoms with Gasteiger partial charge >= 0.3 is 12.1 Å². The molecule has 0 saturated carbocycles. The van der Waals surface area contributed by atoms with Gasteiger partial charge in [0.2, 0.25) is 0 Å². The molecule has 1 aromatic rings. The van der Waals surface area contributed by atoms with E-state index in [1.54, 1.807) is 36.3 Å². The van der Waals surface area contributed by atoms with Crippen LogP contribution in [-0.4, -0.2) is 51.1 Å². The molecule has 0 N–H and O–H groups in total. The third-order valence-electron chi connectivity index (χ3n) is 3.54. The molecule has 7 nitrogen and oxygen atoms in total. The zero-order chi connectivity index (χ0) is 17.5. The third kappa shape index (κ3) is 5.13. The Morgan fingerprint density at radius 2 is 2.08 bits per heavy atom. The average Bonchev–Trinajstić information content (AvgIpc) is 2.88. The summed E-state index contributed by atoms with van der Waals surface area (Å²) in [4.78, 5) is 24.2. The lowest BCUT2D eigenvalue weighted by Gasteiger charge is -2.15. The highest BCUT2D eigenvalue weighted by Gasteiger charge is 2.32. The van der Waals surface area contributed by atoms with Crippen molar-refractivity contribution in [1.82, 2.24) is 0 Å². The molecule has 0 aromatic heterocycles. The molecule has 1 aliphatic heterocycles. The summed E-state index contributed by atoms with van der Waals surface area (Å²) in [7, 11) is 1.57. The lowest BCUT2D eigenvalue weighted by Crippen LogP contribution is -2.25. The number of hydrogen-bond acceptors (Lipinski definition) is 6. The van der Waals surface area contributed by atoms with Crippen molar-refractivity contribution in [2.24, 2.45) is 0 Å². The molecule has 0 spiro atoms. The number of esters is 1.